The van der Waals surface area contributed by atoms with Crippen LogP contribution in [0, 0.1) is 5.82 Å². The summed E-state index contributed by atoms with van der Waals surface area (Å²) >= 11 is 5.88. The molecular weight excluding hydrogens is 421 g/mol. The number of ether oxygens (including phenoxy) is 1. The molecule has 31 heavy (non-hydrogen) atoms. The number of hydrogen-bond donors (Lipinski definition) is 4. The second kappa shape index (κ2) is 13.0. The standard InChI is InChI=1S/C22H29ClFN5O2/c1-2-31-13-3-12-27-22(29-21(30)16-4-8-17(23)9-5-16)28-20(26)14-19(25)15-6-10-18(24)11-7-15/h4-11,19-20H,2-3,12-14,25-26H2,1H3,(H2,27,28,29,30). The van der Waals surface area contributed by atoms with Crippen LogP contribution in [0.4, 0.5) is 4.39 Å². The lowest BCUT2D eigenvalue weighted by Gasteiger charge is -2.21. The number of nitrogens with two attached hydrogens (primary N) is 2. The van der Waals surface area contributed by atoms with E-state index in [1.807, 2.05) is 6.92 Å². The highest BCUT2D eigenvalue weighted by Gasteiger charge is 2.15. The van der Waals surface area contributed by atoms with Crippen molar-refractivity contribution in [3.05, 3.63) is 70.5 Å². The van der Waals surface area contributed by atoms with Crippen LogP contribution in [0.3, 0.4) is 0 Å². The zero-order valence-corrected chi connectivity index (χ0v) is 18.2. The SMILES string of the molecule is CCOCCCN=C(NC(=O)c1ccc(Cl)cc1)NC(N)CC(N)c1ccc(F)cc1. The first-order chi connectivity index (χ1) is 14.9. The number of nitrogens with one attached hydrogen (secondary N) is 2. The first kappa shape index (κ1) is 24.7. The van der Waals surface area contributed by atoms with Crippen LogP contribution in [0.25, 0.3) is 0 Å². The van der Waals surface area contributed by atoms with Crippen molar-refractivity contribution in [3.63, 3.8) is 0 Å². The summed E-state index contributed by atoms with van der Waals surface area (Å²) in [6.45, 7) is 3.57. The van der Waals surface area contributed by atoms with Crippen LogP contribution in [0.15, 0.2) is 53.5 Å². The third kappa shape index (κ3) is 9.02. The zero-order valence-electron chi connectivity index (χ0n) is 17.5. The average molecular weight is 450 g/mol. The number of carbonyl (C=O) groups excluding carboxylic acids is 1. The summed E-state index contributed by atoms with van der Waals surface area (Å²) in [5.41, 5.74) is 13.6. The molecule has 1 amide bonds. The monoisotopic (exact) mass is 449 g/mol. The van der Waals surface area contributed by atoms with Gasteiger partial charge in [0.2, 0.25) is 0 Å². The molecule has 6 N–H and O–H groups in total. The van der Waals surface area contributed by atoms with Gasteiger partial charge in [0.1, 0.15) is 5.82 Å². The van der Waals surface area contributed by atoms with Gasteiger partial charge in [-0.25, -0.2) is 4.39 Å². The Bertz CT molecular complexity index is 846. The summed E-state index contributed by atoms with van der Waals surface area (Å²) in [7, 11) is 0. The van der Waals surface area contributed by atoms with Crippen LogP contribution < -0.4 is 22.1 Å². The maximum atomic E-state index is 13.1. The molecule has 0 aliphatic carbocycles. The minimum atomic E-state index is -0.587. The highest BCUT2D eigenvalue weighted by atomic mass is 35.5. The molecule has 0 heterocycles. The fraction of sp³-hybridized carbons (Fsp3) is 0.364. The van der Waals surface area contributed by atoms with Gasteiger partial charge in [-0.15, -0.1) is 0 Å². The number of halogens is 2. The van der Waals surface area contributed by atoms with E-state index >= 15 is 0 Å². The lowest BCUT2D eigenvalue weighted by atomic mass is 10.0. The zero-order chi connectivity index (χ0) is 22.6. The highest BCUT2D eigenvalue weighted by Crippen LogP contribution is 2.15. The quantitative estimate of drug-likeness (QED) is 0.193. The van der Waals surface area contributed by atoms with E-state index in [1.165, 1.54) is 12.1 Å². The third-order valence-corrected chi connectivity index (χ3v) is 4.64. The molecule has 0 aliphatic rings. The van der Waals surface area contributed by atoms with Gasteiger partial charge in [-0.05, 0) is 61.7 Å². The van der Waals surface area contributed by atoms with E-state index in [0.717, 1.165) is 5.56 Å². The molecule has 2 unspecified atom stereocenters. The predicted molar refractivity (Wildman–Crippen MR) is 121 cm³/mol. The molecular formula is C22H29ClFN5O2. The van der Waals surface area contributed by atoms with E-state index in [2.05, 4.69) is 15.6 Å². The molecule has 0 spiro atoms. The topological polar surface area (TPSA) is 115 Å². The molecule has 0 aliphatic heterocycles. The van der Waals surface area contributed by atoms with Crippen molar-refractivity contribution < 1.29 is 13.9 Å². The molecule has 0 fully saturated rings. The molecule has 0 radical (unpaired) electrons. The molecule has 0 aromatic heterocycles. The minimum Gasteiger partial charge on any atom is -0.382 e. The van der Waals surface area contributed by atoms with Crippen molar-refractivity contribution in [1.29, 1.82) is 0 Å². The van der Waals surface area contributed by atoms with E-state index in [9.17, 15) is 9.18 Å². The molecule has 2 aromatic carbocycles. The van der Waals surface area contributed by atoms with Crippen LogP contribution in [0.2, 0.25) is 5.02 Å². The van der Waals surface area contributed by atoms with Gasteiger partial charge in [0.15, 0.2) is 5.96 Å². The third-order valence-electron chi connectivity index (χ3n) is 4.39. The van der Waals surface area contributed by atoms with Gasteiger partial charge in [0.05, 0.1) is 6.17 Å². The number of nitrogens with zero attached hydrogens (tertiary/aromatic N) is 1. The van der Waals surface area contributed by atoms with E-state index in [-0.39, 0.29) is 17.7 Å². The molecule has 168 valence electrons. The molecule has 9 heteroatoms. The Hall–Kier alpha value is -2.52. The highest BCUT2D eigenvalue weighted by molar-refractivity contribution is 6.30. The number of guanidine groups is 1. The van der Waals surface area contributed by atoms with Gasteiger partial charge in [0, 0.05) is 36.4 Å². The van der Waals surface area contributed by atoms with Crippen LogP contribution >= 0.6 is 11.6 Å². The van der Waals surface area contributed by atoms with Gasteiger partial charge < -0.3 is 21.5 Å². The van der Waals surface area contributed by atoms with Crippen LogP contribution in [-0.2, 0) is 4.74 Å². The van der Waals surface area contributed by atoms with Crippen LogP contribution in [0.1, 0.15) is 41.7 Å². The summed E-state index contributed by atoms with van der Waals surface area (Å²) in [4.78, 5) is 17.0. The summed E-state index contributed by atoms with van der Waals surface area (Å²) in [6, 6.07) is 12.1. The molecule has 2 aromatic rings. The van der Waals surface area contributed by atoms with Crippen molar-refractivity contribution in [2.75, 3.05) is 19.8 Å². The van der Waals surface area contributed by atoms with Gasteiger partial charge in [-0.2, -0.15) is 0 Å². The molecule has 0 saturated heterocycles. The second-order valence-electron chi connectivity index (χ2n) is 6.89. The van der Waals surface area contributed by atoms with Crippen molar-refractivity contribution >= 4 is 23.5 Å². The van der Waals surface area contributed by atoms with Crippen molar-refractivity contribution in [1.82, 2.24) is 10.6 Å². The Morgan fingerprint density at radius 3 is 2.48 bits per heavy atom. The fourth-order valence-corrected chi connectivity index (χ4v) is 2.88. The Morgan fingerprint density at radius 2 is 1.84 bits per heavy atom. The smallest absolute Gasteiger partial charge is 0.257 e. The first-order valence-corrected chi connectivity index (χ1v) is 10.5. The number of benzene rings is 2. The number of amides is 1. The fourth-order valence-electron chi connectivity index (χ4n) is 2.76. The van der Waals surface area contributed by atoms with Gasteiger partial charge in [0.25, 0.3) is 5.91 Å². The summed E-state index contributed by atoms with van der Waals surface area (Å²) in [6.07, 6.45) is 0.455. The molecule has 2 rings (SSSR count). The Labute approximate surface area is 187 Å². The van der Waals surface area contributed by atoms with Crippen LogP contribution in [-0.4, -0.2) is 37.8 Å². The Balaban J connectivity index is 2.00. The minimum absolute atomic E-state index is 0.246. The van der Waals surface area contributed by atoms with E-state index in [1.54, 1.807) is 36.4 Å². The summed E-state index contributed by atoms with van der Waals surface area (Å²) in [5, 5.41) is 6.29. The lowest BCUT2D eigenvalue weighted by Crippen LogP contribution is -2.50. The van der Waals surface area contributed by atoms with Gasteiger partial charge in [-0.1, -0.05) is 23.7 Å². The lowest BCUT2D eigenvalue weighted by molar-refractivity contribution is 0.0975. The van der Waals surface area contributed by atoms with E-state index < -0.39 is 12.2 Å². The number of rotatable bonds is 10. The molecule has 0 bridgehead atoms. The number of carbonyl (C=O) groups is 1. The Morgan fingerprint density at radius 1 is 1.16 bits per heavy atom. The first-order valence-electron chi connectivity index (χ1n) is 10.1. The Kier molecular flexibility index (Phi) is 10.4. The normalized spacial score (nSPS) is 13.5. The maximum Gasteiger partial charge on any atom is 0.257 e. The van der Waals surface area contributed by atoms with Crippen LogP contribution in [0.5, 0.6) is 0 Å². The molecule has 0 saturated carbocycles. The van der Waals surface area contributed by atoms with Crippen molar-refractivity contribution in [2.45, 2.75) is 32.0 Å². The molecule has 7 nitrogen and oxygen atoms in total. The predicted octanol–water partition coefficient (Wildman–Crippen LogP) is 2.96. The maximum absolute atomic E-state index is 13.1. The summed E-state index contributed by atoms with van der Waals surface area (Å²) < 4.78 is 18.4. The van der Waals surface area contributed by atoms with E-state index in [0.29, 0.717) is 43.2 Å². The van der Waals surface area contributed by atoms with E-state index in [4.69, 9.17) is 27.8 Å². The number of hydrogen-bond acceptors (Lipinski definition) is 5. The van der Waals surface area contributed by atoms with Gasteiger partial charge in [-0.3, -0.25) is 15.1 Å². The van der Waals surface area contributed by atoms with Crippen molar-refractivity contribution in [3.8, 4) is 0 Å². The molecule has 2 atom stereocenters. The van der Waals surface area contributed by atoms with Gasteiger partial charge >= 0.3 is 0 Å². The van der Waals surface area contributed by atoms with Crippen molar-refractivity contribution in [2.24, 2.45) is 16.5 Å². The average Bonchev–Trinajstić information content (AvgIpc) is 2.74. The number of aliphatic imine (C=N–C) groups is 1. The second-order valence-corrected chi connectivity index (χ2v) is 7.32. The largest absolute Gasteiger partial charge is 0.382 e. The summed E-state index contributed by atoms with van der Waals surface area (Å²) in [5.74, 6) is -0.428.